The lowest BCUT2D eigenvalue weighted by molar-refractivity contribution is -0.122. The van der Waals surface area contributed by atoms with E-state index in [-0.39, 0.29) is 11.8 Å². The molecule has 2 aromatic rings. The van der Waals surface area contributed by atoms with Gasteiger partial charge in [-0.15, -0.1) is 6.58 Å². The highest BCUT2D eigenvalue weighted by atomic mass is 16.2. The maximum absolute atomic E-state index is 12.9. The zero-order chi connectivity index (χ0) is 17.1. The smallest absolute Gasteiger partial charge is 0.261 e. The standard InChI is InChI=1S/C21H19NO2/c1-3-7-18-19(14-16-8-5-4-6-9-16)21(24)22(20(18)23)17-12-10-15(2)11-13-17/h3-6,8-14,18H,1,7H2,2H3/b19-14+. The van der Waals surface area contributed by atoms with Crippen molar-refractivity contribution in [3.05, 3.63) is 84.0 Å². The summed E-state index contributed by atoms with van der Waals surface area (Å²) in [5.74, 6) is -0.915. The number of anilines is 1. The molecule has 3 nitrogen and oxygen atoms in total. The number of hydrogen-bond acceptors (Lipinski definition) is 2. The third kappa shape index (κ3) is 2.93. The van der Waals surface area contributed by atoms with Crippen LogP contribution in [0.25, 0.3) is 6.08 Å². The van der Waals surface area contributed by atoms with E-state index >= 15 is 0 Å². The first-order valence-electron chi connectivity index (χ1n) is 7.94. The molecule has 120 valence electrons. The predicted molar refractivity (Wildman–Crippen MR) is 96.4 cm³/mol. The highest BCUT2D eigenvalue weighted by molar-refractivity contribution is 6.30. The molecule has 0 N–H and O–H groups in total. The van der Waals surface area contributed by atoms with Crippen LogP contribution in [0, 0.1) is 12.8 Å². The predicted octanol–water partition coefficient (Wildman–Crippen LogP) is 4.14. The Balaban J connectivity index is 2.03. The summed E-state index contributed by atoms with van der Waals surface area (Å²) in [7, 11) is 0. The van der Waals surface area contributed by atoms with Gasteiger partial charge in [0.1, 0.15) is 0 Å². The third-order valence-corrected chi connectivity index (χ3v) is 4.16. The van der Waals surface area contributed by atoms with Gasteiger partial charge in [-0.3, -0.25) is 9.59 Å². The van der Waals surface area contributed by atoms with Crippen molar-refractivity contribution < 1.29 is 9.59 Å². The Hall–Kier alpha value is -2.94. The van der Waals surface area contributed by atoms with Crippen LogP contribution in [0.4, 0.5) is 5.69 Å². The first-order valence-corrected chi connectivity index (χ1v) is 7.94. The van der Waals surface area contributed by atoms with Gasteiger partial charge in [-0.2, -0.15) is 0 Å². The molecule has 24 heavy (non-hydrogen) atoms. The molecule has 3 heteroatoms. The van der Waals surface area contributed by atoms with E-state index in [0.717, 1.165) is 11.1 Å². The van der Waals surface area contributed by atoms with Crippen molar-refractivity contribution in [1.29, 1.82) is 0 Å². The zero-order valence-corrected chi connectivity index (χ0v) is 13.6. The summed E-state index contributed by atoms with van der Waals surface area (Å²) < 4.78 is 0. The van der Waals surface area contributed by atoms with E-state index in [4.69, 9.17) is 0 Å². The highest BCUT2D eigenvalue weighted by Crippen LogP contribution is 2.34. The number of imide groups is 1. The monoisotopic (exact) mass is 317 g/mol. The van der Waals surface area contributed by atoms with E-state index < -0.39 is 5.92 Å². The van der Waals surface area contributed by atoms with E-state index in [2.05, 4.69) is 6.58 Å². The van der Waals surface area contributed by atoms with Crippen LogP contribution < -0.4 is 4.90 Å². The fraction of sp³-hybridized carbons (Fsp3) is 0.143. The number of aryl methyl sites for hydroxylation is 1. The van der Waals surface area contributed by atoms with Gasteiger partial charge in [0.25, 0.3) is 5.91 Å². The first kappa shape index (κ1) is 15.9. The van der Waals surface area contributed by atoms with Crippen LogP contribution in [-0.4, -0.2) is 11.8 Å². The normalized spacial score (nSPS) is 19.1. The molecule has 3 rings (SSSR count). The summed E-state index contributed by atoms with van der Waals surface area (Å²) in [6.07, 6.45) is 3.95. The van der Waals surface area contributed by atoms with Crippen LogP contribution in [0.2, 0.25) is 0 Å². The van der Waals surface area contributed by atoms with Crippen LogP contribution in [0.1, 0.15) is 17.5 Å². The maximum Gasteiger partial charge on any atom is 0.261 e. The highest BCUT2D eigenvalue weighted by Gasteiger charge is 2.43. The van der Waals surface area contributed by atoms with Crippen molar-refractivity contribution in [2.24, 2.45) is 5.92 Å². The lowest BCUT2D eigenvalue weighted by atomic mass is 9.96. The molecule has 1 aliphatic heterocycles. The maximum atomic E-state index is 12.9. The van der Waals surface area contributed by atoms with Crippen molar-refractivity contribution in [3.63, 3.8) is 0 Å². The van der Waals surface area contributed by atoms with E-state index in [1.807, 2.05) is 67.6 Å². The Kier molecular flexibility index (Phi) is 4.43. The molecule has 1 fully saturated rings. The van der Waals surface area contributed by atoms with Crippen molar-refractivity contribution in [2.75, 3.05) is 4.90 Å². The SMILES string of the molecule is C=CCC1C(=O)N(c2ccc(C)cc2)C(=O)/C1=C/c1ccccc1. The Morgan fingerprint density at radius 2 is 1.71 bits per heavy atom. The summed E-state index contributed by atoms with van der Waals surface area (Å²) in [5, 5.41) is 0. The number of allylic oxidation sites excluding steroid dienone is 1. The Morgan fingerprint density at radius 3 is 2.33 bits per heavy atom. The van der Waals surface area contributed by atoms with Crippen molar-refractivity contribution in [1.82, 2.24) is 0 Å². The number of rotatable bonds is 4. The minimum Gasteiger partial charge on any atom is -0.273 e. The number of benzene rings is 2. The summed E-state index contributed by atoms with van der Waals surface area (Å²) in [5.41, 5.74) is 3.13. The average Bonchev–Trinajstić information content (AvgIpc) is 2.81. The van der Waals surface area contributed by atoms with Crippen molar-refractivity contribution >= 4 is 23.6 Å². The van der Waals surface area contributed by atoms with Gasteiger partial charge in [-0.05, 0) is 37.1 Å². The van der Waals surface area contributed by atoms with E-state index in [0.29, 0.717) is 17.7 Å². The third-order valence-electron chi connectivity index (χ3n) is 4.16. The Labute approximate surface area is 141 Å². The molecule has 1 saturated heterocycles. The second-order valence-electron chi connectivity index (χ2n) is 5.90. The zero-order valence-electron chi connectivity index (χ0n) is 13.6. The average molecular weight is 317 g/mol. The van der Waals surface area contributed by atoms with Crippen molar-refractivity contribution in [3.8, 4) is 0 Å². The summed E-state index contributed by atoms with van der Waals surface area (Å²) in [4.78, 5) is 27.0. The summed E-state index contributed by atoms with van der Waals surface area (Å²) in [6.45, 7) is 5.70. The minimum absolute atomic E-state index is 0.189. The van der Waals surface area contributed by atoms with Gasteiger partial charge in [-0.25, -0.2) is 4.90 Å². The minimum atomic E-state index is -0.475. The molecule has 0 spiro atoms. The first-order chi connectivity index (χ1) is 11.6. The van der Waals surface area contributed by atoms with Crippen LogP contribution in [0.5, 0.6) is 0 Å². The van der Waals surface area contributed by atoms with Crippen LogP contribution in [0.3, 0.4) is 0 Å². The summed E-state index contributed by atoms with van der Waals surface area (Å²) >= 11 is 0. The molecule has 1 unspecified atom stereocenters. The van der Waals surface area contributed by atoms with E-state index in [1.54, 1.807) is 6.08 Å². The summed E-state index contributed by atoms with van der Waals surface area (Å²) in [6, 6.07) is 17.0. The molecule has 0 saturated carbocycles. The van der Waals surface area contributed by atoms with E-state index in [9.17, 15) is 9.59 Å². The van der Waals surface area contributed by atoms with Gasteiger partial charge in [0.2, 0.25) is 5.91 Å². The number of amides is 2. The lowest BCUT2D eigenvalue weighted by Crippen LogP contribution is -2.30. The lowest BCUT2D eigenvalue weighted by Gasteiger charge is -2.14. The number of nitrogens with zero attached hydrogens (tertiary/aromatic N) is 1. The van der Waals surface area contributed by atoms with Crippen LogP contribution in [-0.2, 0) is 9.59 Å². The molecule has 2 amide bonds. The molecule has 0 radical (unpaired) electrons. The number of carbonyl (C=O) groups excluding carboxylic acids is 2. The van der Waals surface area contributed by atoms with Gasteiger partial charge in [0.05, 0.1) is 11.6 Å². The molecule has 1 heterocycles. The van der Waals surface area contributed by atoms with Gasteiger partial charge in [0.15, 0.2) is 0 Å². The molecule has 0 aromatic heterocycles. The molecule has 2 aromatic carbocycles. The number of carbonyl (C=O) groups is 2. The molecule has 0 aliphatic carbocycles. The molecule has 1 atom stereocenters. The Bertz CT molecular complexity index is 803. The largest absolute Gasteiger partial charge is 0.273 e. The van der Waals surface area contributed by atoms with Crippen LogP contribution in [0.15, 0.2) is 72.8 Å². The van der Waals surface area contributed by atoms with Gasteiger partial charge < -0.3 is 0 Å². The molecule has 0 bridgehead atoms. The van der Waals surface area contributed by atoms with Gasteiger partial charge in [-0.1, -0.05) is 54.1 Å². The molecular formula is C21H19NO2. The van der Waals surface area contributed by atoms with Crippen LogP contribution >= 0.6 is 0 Å². The quantitative estimate of drug-likeness (QED) is 0.483. The fourth-order valence-corrected chi connectivity index (χ4v) is 2.89. The fourth-order valence-electron chi connectivity index (χ4n) is 2.89. The van der Waals surface area contributed by atoms with Gasteiger partial charge >= 0.3 is 0 Å². The second-order valence-corrected chi connectivity index (χ2v) is 5.90. The molecular weight excluding hydrogens is 298 g/mol. The molecule has 1 aliphatic rings. The number of hydrogen-bond donors (Lipinski definition) is 0. The Morgan fingerprint density at radius 1 is 1.04 bits per heavy atom. The van der Waals surface area contributed by atoms with Crippen molar-refractivity contribution in [2.45, 2.75) is 13.3 Å². The van der Waals surface area contributed by atoms with E-state index in [1.165, 1.54) is 4.90 Å². The van der Waals surface area contributed by atoms with Gasteiger partial charge in [0, 0.05) is 5.57 Å². The second kappa shape index (κ2) is 6.67. The topological polar surface area (TPSA) is 37.4 Å².